The van der Waals surface area contributed by atoms with Gasteiger partial charge in [0.2, 0.25) is 0 Å². The molecule has 1 aromatic heterocycles. The van der Waals surface area contributed by atoms with Gasteiger partial charge < -0.3 is 15.7 Å². The highest BCUT2D eigenvalue weighted by Gasteiger charge is 2.26. The van der Waals surface area contributed by atoms with Crippen LogP contribution in [-0.4, -0.2) is 40.6 Å². The summed E-state index contributed by atoms with van der Waals surface area (Å²) in [5.74, 6) is 0.282. The summed E-state index contributed by atoms with van der Waals surface area (Å²) in [5, 5.41) is 9.31. The summed E-state index contributed by atoms with van der Waals surface area (Å²) in [6.07, 6.45) is 2.26. The maximum absolute atomic E-state index is 12.1. The summed E-state index contributed by atoms with van der Waals surface area (Å²) in [5.41, 5.74) is 5.92. The van der Waals surface area contributed by atoms with E-state index in [2.05, 4.69) is 4.98 Å². The highest BCUT2D eigenvalue weighted by molar-refractivity contribution is 6.33. The van der Waals surface area contributed by atoms with Crippen LogP contribution in [0.5, 0.6) is 0 Å². The van der Waals surface area contributed by atoms with Crippen LogP contribution < -0.4 is 5.73 Å². The molecule has 0 spiro atoms. The number of hydrogen-bond acceptors (Lipinski definition) is 4. The molecule has 0 saturated carbocycles. The number of nitrogen functional groups attached to an aromatic ring is 1. The number of aliphatic hydroxyl groups excluding tert-OH is 1. The Balaban J connectivity index is 2.12. The largest absolute Gasteiger partial charge is 0.396 e. The van der Waals surface area contributed by atoms with Gasteiger partial charge in [0.25, 0.3) is 5.91 Å². The van der Waals surface area contributed by atoms with Gasteiger partial charge in [-0.1, -0.05) is 11.6 Å². The Labute approximate surface area is 104 Å². The second-order valence-electron chi connectivity index (χ2n) is 4.18. The molecule has 1 aliphatic rings. The van der Waals surface area contributed by atoms with Gasteiger partial charge in [-0.3, -0.25) is 4.79 Å². The van der Waals surface area contributed by atoms with E-state index < -0.39 is 0 Å². The number of hydrogen-bond donors (Lipinski definition) is 2. The third-order valence-electron chi connectivity index (χ3n) is 2.95. The minimum absolute atomic E-state index is 0.115. The third-order valence-corrected chi connectivity index (χ3v) is 3.25. The van der Waals surface area contributed by atoms with E-state index in [4.69, 9.17) is 22.4 Å². The van der Waals surface area contributed by atoms with Crippen molar-refractivity contribution in [2.45, 2.75) is 6.42 Å². The standard InChI is InChI=1S/C11H14ClN3O2/c12-9-3-8(4-14-10(9)13)11(17)15-2-1-7(5-15)6-16/h3-4,7,16H,1-2,5-6H2,(H2,13,14). The van der Waals surface area contributed by atoms with E-state index in [0.29, 0.717) is 18.7 Å². The Morgan fingerprint density at radius 3 is 3.06 bits per heavy atom. The normalized spacial score (nSPS) is 19.6. The van der Waals surface area contributed by atoms with Crippen molar-refractivity contribution in [2.24, 2.45) is 5.92 Å². The molecule has 1 atom stereocenters. The van der Waals surface area contributed by atoms with Crippen molar-refractivity contribution < 1.29 is 9.90 Å². The molecule has 0 aromatic carbocycles. The van der Waals surface area contributed by atoms with Crippen molar-refractivity contribution in [3.05, 3.63) is 22.8 Å². The predicted molar refractivity (Wildman–Crippen MR) is 64.8 cm³/mol. The Bertz CT molecular complexity index is 439. The minimum Gasteiger partial charge on any atom is -0.396 e. The quantitative estimate of drug-likeness (QED) is 0.818. The number of rotatable bonds is 2. The number of pyridine rings is 1. The number of halogens is 1. The summed E-state index contributed by atoms with van der Waals surface area (Å²) >= 11 is 5.82. The van der Waals surface area contributed by atoms with E-state index in [-0.39, 0.29) is 29.3 Å². The number of carbonyl (C=O) groups is 1. The lowest BCUT2D eigenvalue weighted by Crippen LogP contribution is -2.29. The van der Waals surface area contributed by atoms with Gasteiger partial charge in [-0.15, -0.1) is 0 Å². The zero-order chi connectivity index (χ0) is 12.4. The average molecular weight is 256 g/mol. The molecule has 1 unspecified atom stereocenters. The number of nitrogens with zero attached hydrogens (tertiary/aromatic N) is 2. The average Bonchev–Trinajstić information content (AvgIpc) is 2.80. The molecule has 1 amide bonds. The number of likely N-dealkylation sites (tertiary alicyclic amines) is 1. The lowest BCUT2D eigenvalue weighted by Gasteiger charge is -2.16. The van der Waals surface area contributed by atoms with Crippen LogP contribution in [0.25, 0.3) is 0 Å². The molecule has 6 heteroatoms. The smallest absolute Gasteiger partial charge is 0.255 e. The maximum atomic E-state index is 12.1. The monoisotopic (exact) mass is 255 g/mol. The number of anilines is 1. The molecule has 2 rings (SSSR count). The Morgan fingerprint density at radius 1 is 1.71 bits per heavy atom. The first-order chi connectivity index (χ1) is 8.11. The number of aliphatic hydroxyl groups is 1. The van der Waals surface area contributed by atoms with Gasteiger partial charge >= 0.3 is 0 Å². The van der Waals surface area contributed by atoms with Gasteiger partial charge in [0.1, 0.15) is 5.82 Å². The van der Waals surface area contributed by atoms with Gasteiger partial charge in [-0.25, -0.2) is 4.98 Å². The summed E-state index contributed by atoms with van der Waals surface area (Å²) in [6.45, 7) is 1.36. The fraction of sp³-hybridized carbons (Fsp3) is 0.455. The third kappa shape index (κ3) is 2.50. The molecule has 1 aromatic rings. The lowest BCUT2D eigenvalue weighted by atomic mass is 10.1. The molecule has 0 radical (unpaired) electrons. The number of carbonyl (C=O) groups excluding carboxylic acids is 1. The van der Waals surface area contributed by atoms with Gasteiger partial charge in [-0.2, -0.15) is 0 Å². The fourth-order valence-corrected chi connectivity index (χ4v) is 2.08. The van der Waals surface area contributed by atoms with Crippen LogP contribution in [0, 0.1) is 5.92 Å². The summed E-state index contributed by atoms with van der Waals surface area (Å²) in [4.78, 5) is 17.6. The Kier molecular flexibility index (Phi) is 3.49. The maximum Gasteiger partial charge on any atom is 0.255 e. The van der Waals surface area contributed by atoms with Crippen molar-refractivity contribution >= 4 is 23.3 Å². The fourth-order valence-electron chi connectivity index (χ4n) is 1.91. The van der Waals surface area contributed by atoms with Crippen LogP contribution in [0.15, 0.2) is 12.3 Å². The zero-order valence-corrected chi connectivity index (χ0v) is 10.0. The van der Waals surface area contributed by atoms with Crippen LogP contribution in [0.1, 0.15) is 16.8 Å². The highest BCUT2D eigenvalue weighted by atomic mass is 35.5. The van der Waals surface area contributed by atoms with Crippen LogP contribution >= 0.6 is 11.6 Å². The number of nitrogens with two attached hydrogens (primary N) is 1. The van der Waals surface area contributed by atoms with E-state index in [9.17, 15) is 4.79 Å². The number of aromatic nitrogens is 1. The number of amides is 1. The van der Waals surface area contributed by atoms with E-state index >= 15 is 0 Å². The second-order valence-corrected chi connectivity index (χ2v) is 4.59. The molecule has 17 heavy (non-hydrogen) atoms. The summed E-state index contributed by atoms with van der Waals surface area (Å²) in [6, 6.07) is 1.53. The second kappa shape index (κ2) is 4.89. The minimum atomic E-state index is -0.115. The van der Waals surface area contributed by atoms with Crippen LogP contribution in [-0.2, 0) is 0 Å². The molecule has 3 N–H and O–H groups in total. The predicted octanol–water partition coefficient (Wildman–Crippen LogP) is 0.772. The molecular formula is C11H14ClN3O2. The summed E-state index contributed by atoms with van der Waals surface area (Å²) < 4.78 is 0. The van der Waals surface area contributed by atoms with Crippen molar-refractivity contribution in [3.8, 4) is 0 Å². The van der Waals surface area contributed by atoms with E-state index in [1.165, 1.54) is 12.3 Å². The first-order valence-electron chi connectivity index (χ1n) is 5.43. The van der Waals surface area contributed by atoms with Crippen molar-refractivity contribution in [1.82, 2.24) is 9.88 Å². The molecule has 1 saturated heterocycles. The molecule has 92 valence electrons. The molecule has 2 heterocycles. The van der Waals surface area contributed by atoms with Crippen LogP contribution in [0.4, 0.5) is 5.82 Å². The van der Waals surface area contributed by atoms with Gasteiger partial charge in [0, 0.05) is 31.8 Å². The Hall–Kier alpha value is -1.33. The van der Waals surface area contributed by atoms with E-state index in [1.807, 2.05) is 0 Å². The summed E-state index contributed by atoms with van der Waals surface area (Å²) in [7, 11) is 0. The first kappa shape index (κ1) is 12.1. The van der Waals surface area contributed by atoms with E-state index in [0.717, 1.165) is 6.42 Å². The molecule has 5 nitrogen and oxygen atoms in total. The molecule has 0 bridgehead atoms. The van der Waals surface area contributed by atoms with Crippen LogP contribution in [0.2, 0.25) is 5.02 Å². The van der Waals surface area contributed by atoms with Gasteiger partial charge in [0.05, 0.1) is 10.6 Å². The van der Waals surface area contributed by atoms with E-state index in [1.54, 1.807) is 4.90 Å². The molecule has 1 aliphatic heterocycles. The van der Waals surface area contributed by atoms with Crippen LogP contribution in [0.3, 0.4) is 0 Å². The topological polar surface area (TPSA) is 79.5 Å². The van der Waals surface area contributed by atoms with Gasteiger partial charge in [-0.05, 0) is 12.5 Å². The SMILES string of the molecule is Nc1ncc(C(=O)N2CCC(CO)C2)cc1Cl. The zero-order valence-electron chi connectivity index (χ0n) is 9.27. The molecule has 1 fully saturated rings. The first-order valence-corrected chi connectivity index (χ1v) is 5.80. The van der Waals surface area contributed by atoms with Crippen molar-refractivity contribution in [2.75, 3.05) is 25.4 Å². The molecule has 0 aliphatic carbocycles. The Morgan fingerprint density at radius 2 is 2.47 bits per heavy atom. The highest BCUT2D eigenvalue weighted by Crippen LogP contribution is 2.21. The van der Waals surface area contributed by atoms with Gasteiger partial charge in [0.15, 0.2) is 0 Å². The molecular weight excluding hydrogens is 242 g/mol. The van der Waals surface area contributed by atoms with Crippen molar-refractivity contribution in [1.29, 1.82) is 0 Å². The lowest BCUT2D eigenvalue weighted by molar-refractivity contribution is 0.0781. The van der Waals surface area contributed by atoms with Crippen molar-refractivity contribution in [3.63, 3.8) is 0 Å².